The van der Waals surface area contributed by atoms with E-state index in [1.54, 1.807) is 12.1 Å². The van der Waals surface area contributed by atoms with E-state index in [4.69, 9.17) is 4.74 Å². The highest BCUT2D eigenvalue weighted by Crippen LogP contribution is 2.17. The van der Waals surface area contributed by atoms with Crippen LogP contribution in [-0.2, 0) is 0 Å². The predicted molar refractivity (Wildman–Crippen MR) is 61.5 cm³/mol. The summed E-state index contributed by atoms with van der Waals surface area (Å²) in [6.45, 7) is 1.48. The third-order valence-corrected chi connectivity index (χ3v) is 2.08. The number of halogens is 1. The molecule has 1 rings (SSSR count). The van der Waals surface area contributed by atoms with Gasteiger partial charge in [-0.15, -0.1) is 0 Å². The monoisotopic (exact) mass is 304 g/mol. The SMILES string of the molecule is C[N+](C)(C)CCOc1ccc([N+](=O)[O-])cc1.[Br-]. The van der Waals surface area contributed by atoms with Gasteiger partial charge < -0.3 is 26.2 Å². The molecule has 0 aliphatic carbocycles. The van der Waals surface area contributed by atoms with Crippen LogP contribution in [0.4, 0.5) is 5.69 Å². The quantitative estimate of drug-likeness (QED) is 0.385. The standard InChI is InChI=1S/C11H17N2O3.BrH/c1-13(2,3)8-9-16-11-6-4-10(5-7-11)12(14)15;/h4-7H,8-9H2,1-3H3;1H/q+1;/p-1. The van der Waals surface area contributed by atoms with E-state index in [0.29, 0.717) is 12.4 Å². The number of likely N-dealkylation sites (N-methyl/N-ethyl adjacent to an activating group) is 1. The minimum atomic E-state index is -0.421. The number of quaternary nitrogens is 1. The molecule has 0 radical (unpaired) electrons. The number of nitro groups is 1. The summed E-state index contributed by atoms with van der Waals surface area (Å²) in [6, 6.07) is 6.13. The topological polar surface area (TPSA) is 52.4 Å². The lowest BCUT2D eigenvalue weighted by Crippen LogP contribution is -3.00. The fourth-order valence-electron chi connectivity index (χ4n) is 1.10. The summed E-state index contributed by atoms with van der Waals surface area (Å²) in [5.74, 6) is 0.666. The van der Waals surface area contributed by atoms with Gasteiger partial charge in [-0.1, -0.05) is 0 Å². The lowest BCUT2D eigenvalue weighted by molar-refractivity contribution is -0.870. The average molecular weight is 305 g/mol. The molecule has 0 aliphatic heterocycles. The lowest BCUT2D eigenvalue weighted by Gasteiger charge is -2.23. The molecule has 0 N–H and O–H groups in total. The van der Waals surface area contributed by atoms with Crippen molar-refractivity contribution in [3.05, 3.63) is 34.4 Å². The van der Waals surface area contributed by atoms with Gasteiger partial charge in [-0.25, -0.2) is 0 Å². The molecule has 0 saturated carbocycles. The Morgan fingerprint density at radius 2 is 1.76 bits per heavy atom. The highest BCUT2D eigenvalue weighted by molar-refractivity contribution is 5.35. The van der Waals surface area contributed by atoms with Crippen molar-refractivity contribution in [2.24, 2.45) is 0 Å². The molecule has 0 aromatic heterocycles. The Morgan fingerprint density at radius 1 is 1.24 bits per heavy atom. The van der Waals surface area contributed by atoms with E-state index in [1.807, 2.05) is 0 Å². The van der Waals surface area contributed by atoms with Crippen LogP contribution in [0.15, 0.2) is 24.3 Å². The van der Waals surface area contributed by atoms with Crippen molar-refractivity contribution in [3.8, 4) is 5.75 Å². The molecule has 0 amide bonds. The Labute approximate surface area is 112 Å². The molecule has 0 bridgehead atoms. The van der Waals surface area contributed by atoms with Gasteiger partial charge in [0.1, 0.15) is 18.9 Å². The summed E-state index contributed by atoms with van der Waals surface area (Å²) < 4.78 is 6.30. The molecule has 0 unspecified atom stereocenters. The van der Waals surface area contributed by atoms with Crippen LogP contribution >= 0.6 is 0 Å². The molecule has 0 saturated heterocycles. The smallest absolute Gasteiger partial charge is 0.269 e. The fourth-order valence-corrected chi connectivity index (χ4v) is 1.10. The molecular formula is C11H17BrN2O3. The zero-order valence-corrected chi connectivity index (χ0v) is 11.8. The predicted octanol–water partition coefficient (Wildman–Crippen LogP) is -1.32. The van der Waals surface area contributed by atoms with Gasteiger partial charge in [0, 0.05) is 12.1 Å². The van der Waals surface area contributed by atoms with Crippen molar-refractivity contribution in [1.29, 1.82) is 0 Å². The number of nitro benzene ring substituents is 1. The summed E-state index contributed by atoms with van der Waals surface area (Å²) in [4.78, 5) is 10.00. The van der Waals surface area contributed by atoms with Crippen LogP contribution in [-0.4, -0.2) is 43.7 Å². The maximum atomic E-state index is 10.4. The molecule has 0 atom stereocenters. The molecule has 6 heteroatoms. The summed E-state index contributed by atoms with van der Waals surface area (Å²) >= 11 is 0. The van der Waals surface area contributed by atoms with E-state index >= 15 is 0 Å². The number of hydrogen-bond acceptors (Lipinski definition) is 3. The van der Waals surface area contributed by atoms with Gasteiger partial charge in [-0.05, 0) is 12.1 Å². The fraction of sp³-hybridized carbons (Fsp3) is 0.455. The molecule has 0 aliphatic rings. The molecular weight excluding hydrogens is 288 g/mol. The average Bonchev–Trinajstić information content (AvgIpc) is 2.16. The van der Waals surface area contributed by atoms with Crippen molar-refractivity contribution in [2.45, 2.75) is 0 Å². The van der Waals surface area contributed by atoms with Crippen molar-refractivity contribution in [2.75, 3.05) is 34.3 Å². The first-order chi connectivity index (χ1) is 7.38. The van der Waals surface area contributed by atoms with E-state index in [9.17, 15) is 10.1 Å². The van der Waals surface area contributed by atoms with Crippen LogP contribution in [0.2, 0.25) is 0 Å². The number of nitrogens with zero attached hydrogens (tertiary/aromatic N) is 2. The molecule has 0 heterocycles. The van der Waals surface area contributed by atoms with Gasteiger partial charge in [-0.2, -0.15) is 0 Å². The maximum absolute atomic E-state index is 10.4. The van der Waals surface area contributed by atoms with Gasteiger partial charge in [0.2, 0.25) is 0 Å². The normalized spacial score (nSPS) is 10.5. The number of benzene rings is 1. The number of rotatable bonds is 5. The van der Waals surface area contributed by atoms with Gasteiger partial charge >= 0.3 is 0 Å². The molecule has 17 heavy (non-hydrogen) atoms. The van der Waals surface area contributed by atoms with Crippen LogP contribution < -0.4 is 21.7 Å². The van der Waals surface area contributed by atoms with Gasteiger partial charge in [0.25, 0.3) is 5.69 Å². The van der Waals surface area contributed by atoms with E-state index in [1.165, 1.54) is 12.1 Å². The van der Waals surface area contributed by atoms with Crippen molar-refractivity contribution in [1.82, 2.24) is 0 Å². The van der Waals surface area contributed by atoms with Crippen LogP contribution in [0.5, 0.6) is 5.75 Å². The summed E-state index contributed by atoms with van der Waals surface area (Å²) in [7, 11) is 6.25. The third-order valence-electron chi connectivity index (χ3n) is 2.08. The van der Waals surface area contributed by atoms with Gasteiger partial charge in [0.15, 0.2) is 0 Å². The Bertz CT molecular complexity index is 360. The van der Waals surface area contributed by atoms with Crippen LogP contribution in [0.25, 0.3) is 0 Å². The summed E-state index contributed by atoms with van der Waals surface area (Å²) in [6.07, 6.45) is 0. The zero-order valence-electron chi connectivity index (χ0n) is 10.2. The van der Waals surface area contributed by atoms with Crippen molar-refractivity contribution in [3.63, 3.8) is 0 Å². The molecule has 5 nitrogen and oxygen atoms in total. The Kier molecular flexibility index (Phi) is 6.12. The third kappa shape index (κ3) is 6.23. The molecule has 1 aromatic carbocycles. The first kappa shape index (κ1) is 15.9. The number of ether oxygens (including phenoxy) is 1. The van der Waals surface area contributed by atoms with E-state index in [2.05, 4.69) is 21.1 Å². The first-order valence-corrected chi connectivity index (χ1v) is 5.06. The molecule has 1 aromatic rings. The second-order valence-electron chi connectivity index (χ2n) is 4.61. The van der Waals surface area contributed by atoms with Gasteiger partial charge in [-0.3, -0.25) is 10.1 Å². The van der Waals surface area contributed by atoms with Gasteiger partial charge in [0.05, 0.1) is 26.1 Å². The van der Waals surface area contributed by atoms with E-state index < -0.39 is 4.92 Å². The Morgan fingerprint density at radius 3 is 2.18 bits per heavy atom. The molecule has 0 fully saturated rings. The molecule has 96 valence electrons. The van der Waals surface area contributed by atoms with Crippen LogP contribution in [0, 0.1) is 10.1 Å². The van der Waals surface area contributed by atoms with Crippen LogP contribution in [0.1, 0.15) is 0 Å². The second kappa shape index (κ2) is 6.56. The minimum absolute atomic E-state index is 0. The maximum Gasteiger partial charge on any atom is 0.269 e. The summed E-state index contributed by atoms with van der Waals surface area (Å²) in [5.41, 5.74) is 0.0824. The second-order valence-corrected chi connectivity index (χ2v) is 4.61. The van der Waals surface area contributed by atoms with E-state index in [-0.39, 0.29) is 22.7 Å². The molecule has 0 spiro atoms. The first-order valence-electron chi connectivity index (χ1n) is 5.06. The number of non-ortho nitro benzene ring substituents is 1. The highest BCUT2D eigenvalue weighted by atomic mass is 79.9. The Balaban J connectivity index is 0.00000256. The lowest BCUT2D eigenvalue weighted by atomic mass is 10.3. The zero-order chi connectivity index (χ0) is 12.2. The minimum Gasteiger partial charge on any atom is -1.00 e. The highest BCUT2D eigenvalue weighted by Gasteiger charge is 2.08. The summed E-state index contributed by atoms with van der Waals surface area (Å²) in [5, 5.41) is 10.4. The van der Waals surface area contributed by atoms with E-state index in [0.717, 1.165) is 11.0 Å². The van der Waals surface area contributed by atoms with Crippen LogP contribution in [0.3, 0.4) is 0 Å². The van der Waals surface area contributed by atoms with Crippen molar-refractivity contribution < 1.29 is 31.1 Å². The van der Waals surface area contributed by atoms with Crippen molar-refractivity contribution >= 4 is 5.69 Å². The Hall–Kier alpha value is -1.14. The largest absolute Gasteiger partial charge is 1.00 e. The number of hydrogen-bond donors (Lipinski definition) is 0.